The second-order valence-corrected chi connectivity index (χ2v) is 4.86. The first-order valence-electron chi connectivity index (χ1n) is 5.49. The van der Waals surface area contributed by atoms with Crippen molar-refractivity contribution in [2.45, 2.75) is 13.0 Å². The van der Waals surface area contributed by atoms with Gasteiger partial charge < -0.3 is 14.4 Å². The van der Waals surface area contributed by atoms with Gasteiger partial charge in [-0.15, -0.1) is 11.3 Å². The summed E-state index contributed by atoms with van der Waals surface area (Å²) in [4.78, 5) is 17.8. The molecule has 0 aliphatic heterocycles. The lowest BCUT2D eigenvalue weighted by molar-refractivity contribution is 0.0677. The molecular formula is C12H14N2O3S. The summed E-state index contributed by atoms with van der Waals surface area (Å²) in [6.07, 6.45) is 3.16. The standard InChI is InChI=1S/C12H14N2O3S/c1-8(5-15)14(2)12(16)10-7-18-11(13-10)9-3-4-17-6-9/h3-4,6-8,15H,5H2,1-2H3. The van der Waals surface area contributed by atoms with E-state index in [9.17, 15) is 4.79 Å². The van der Waals surface area contributed by atoms with Gasteiger partial charge in [-0.25, -0.2) is 4.98 Å². The maximum Gasteiger partial charge on any atom is 0.273 e. The number of nitrogens with zero attached hydrogens (tertiary/aromatic N) is 2. The maximum atomic E-state index is 12.1. The molecular weight excluding hydrogens is 252 g/mol. The van der Waals surface area contributed by atoms with Crippen LogP contribution in [-0.4, -0.2) is 40.6 Å². The number of aliphatic hydroxyl groups excluding tert-OH is 1. The van der Waals surface area contributed by atoms with Crippen LogP contribution >= 0.6 is 11.3 Å². The molecule has 0 aromatic carbocycles. The van der Waals surface area contributed by atoms with Crippen LogP contribution < -0.4 is 0 Å². The molecule has 0 aliphatic rings. The van der Waals surface area contributed by atoms with Crippen LogP contribution in [0.5, 0.6) is 0 Å². The van der Waals surface area contributed by atoms with Crippen LogP contribution in [0.15, 0.2) is 28.4 Å². The summed E-state index contributed by atoms with van der Waals surface area (Å²) in [5, 5.41) is 11.5. The van der Waals surface area contributed by atoms with Crippen LogP contribution in [0.3, 0.4) is 0 Å². The van der Waals surface area contributed by atoms with Crippen LogP contribution in [0.2, 0.25) is 0 Å². The van der Waals surface area contributed by atoms with Crippen molar-refractivity contribution in [2.24, 2.45) is 0 Å². The molecule has 0 radical (unpaired) electrons. The molecule has 1 amide bonds. The normalized spacial score (nSPS) is 12.4. The minimum Gasteiger partial charge on any atom is -0.472 e. The third kappa shape index (κ3) is 2.44. The Morgan fingerprint density at radius 1 is 1.67 bits per heavy atom. The highest BCUT2D eigenvalue weighted by Crippen LogP contribution is 2.24. The summed E-state index contributed by atoms with van der Waals surface area (Å²) in [6.45, 7) is 1.71. The van der Waals surface area contributed by atoms with Gasteiger partial charge in [-0.3, -0.25) is 4.79 Å². The van der Waals surface area contributed by atoms with E-state index in [1.807, 2.05) is 0 Å². The zero-order valence-corrected chi connectivity index (χ0v) is 11.0. The van der Waals surface area contributed by atoms with Crippen LogP contribution in [-0.2, 0) is 0 Å². The Bertz CT molecular complexity index is 521. The molecule has 18 heavy (non-hydrogen) atoms. The minimum atomic E-state index is -0.225. The van der Waals surface area contributed by atoms with Gasteiger partial charge in [-0.1, -0.05) is 0 Å². The molecule has 1 atom stereocenters. The fourth-order valence-corrected chi connectivity index (χ4v) is 2.17. The Morgan fingerprint density at radius 2 is 2.44 bits per heavy atom. The van der Waals surface area contributed by atoms with E-state index in [4.69, 9.17) is 9.52 Å². The van der Waals surface area contributed by atoms with Crippen molar-refractivity contribution in [2.75, 3.05) is 13.7 Å². The number of furan rings is 1. The summed E-state index contributed by atoms with van der Waals surface area (Å²) in [5.41, 5.74) is 1.25. The summed E-state index contributed by atoms with van der Waals surface area (Å²) in [7, 11) is 1.65. The van der Waals surface area contributed by atoms with E-state index in [-0.39, 0.29) is 18.6 Å². The molecule has 2 aromatic rings. The van der Waals surface area contributed by atoms with Gasteiger partial charge in [0.2, 0.25) is 0 Å². The maximum absolute atomic E-state index is 12.1. The summed E-state index contributed by atoms with van der Waals surface area (Å²) >= 11 is 1.39. The van der Waals surface area contributed by atoms with Gasteiger partial charge in [-0.05, 0) is 13.0 Å². The third-order valence-electron chi connectivity index (χ3n) is 2.74. The second kappa shape index (κ2) is 5.32. The number of rotatable bonds is 4. The fraction of sp³-hybridized carbons (Fsp3) is 0.333. The Balaban J connectivity index is 2.18. The number of hydrogen-bond donors (Lipinski definition) is 1. The lowest BCUT2D eigenvalue weighted by Gasteiger charge is -2.21. The average molecular weight is 266 g/mol. The molecule has 1 N–H and O–H groups in total. The van der Waals surface area contributed by atoms with Crippen LogP contribution in [0.4, 0.5) is 0 Å². The number of aliphatic hydroxyl groups is 1. The number of amides is 1. The Kier molecular flexibility index (Phi) is 3.78. The summed E-state index contributed by atoms with van der Waals surface area (Å²) < 4.78 is 4.98. The van der Waals surface area contributed by atoms with E-state index in [1.165, 1.54) is 16.2 Å². The number of carbonyl (C=O) groups excluding carboxylic acids is 1. The van der Waals surface area contributed by atoms with Crippen molar-refractivity contribution in [1.29, 1.82) is 0 Å². The molecule has 1 unspecified atom stereocenters. The van der Waals surface area contributed by atoms with Gasteiger partial charge in [0.1, 0.15) is 17.0 Å². The number of thiazole rings is 1. The van der Waals surface area contributed by atoms with E-state index in [0.717, 1.165) is 10.6 Å². The molecule has 0 bridgehead atoms. The van der Waals surface area contributed by atoms with Crippen molar-refractivity contribution < 1.29 is 14.3 Å². The Hall–Kier alpha value is -1.66. The number of aromatic nitrogens is 1. The lowest BCUT2D eigenvalue weighted by Crippen LogP contribution is -2.37. The van der Waals surface area contributed by atoms with E-state index in [1.54, 1.807) is 37.9 Å². The molecule has 2 rings (SSSR count). The molecule has 2 aromatic heterocycles. The predicted octanol–water partition coefficient (Wildman–Crippen LogP) is 1.86. The largest absolute Gasteiger partial charge is 0.472 e. The number of likely N-dealkylation sites (N-methyl/N-ethyl adjacent to an activating group) is 1. The van der Waals surface area contributed by atoms with Crippen molar-refractivity contribution in [3.8, 4) is 10.6 Å². The summed E-state index contributed by atoms with van der Waals surface area (Å²) in [5.74, 6) is -0.192. The molecule has 2 heterocycles. The van der Waals surface area contributed by atoms with Gasteiger partial charge in [0.25, 0.3) is 5.91 Å². The van der Waals surface area contributed by atoms with Crippen molar-refractivity contribution in [3.05, 3.63) is 29.7 Å². The monoisotopic (exact) mass is 266 g/mol. The van der Waals surface area contributed by atoms with Crippen molar-refractivity contribution >= 4 is 17.2 Å². The van der Waals surface area contributed by atoms with Gasteiger partial charge in [0.15, 0.2) is 0 Å². The van der Waals surface area contributed by atoms with Crippen molar-refractivity contribution in [1.82, 2.24) is 9.88 Å². The predicted molar refractivity (Wildman–Crippen MR) is 68.5 cm³/mol. The van der Waals surface area contributed by atoms with Gasteiger partial charge >= 0.3 is 0 Å². The van der Waals surface area contributed by atoms with Gasteiger partial charge in [0.05, 0.1) is 18.9 Å². The molecule has 0 aliphatic carbocycles. The first-order valence-corrected chi connectivity index (χ1v) is 6.37. The SMILES string of the molecule is CC(CO)N(C)C(=O)c1csc(-c2ccoc2)n1. The average Bonchev–Trinajstić information content (AvgIpc) is 3.05. The Morgan fingerprint density at radius 3 is 3.06 bits per heavy atom. The lowest BCUT2D eigenvalue weighted by atomic mass is 10.3. The fourth-order valence-electron chi connectivity index (χ4n) is 1.39. The molecule has 96 valence electrons. The zero-order valence-electron chi connectivity index (χ0n) is 10.2. The van der Waals surface area contributed by atoms with E-state index in [2.05, 4.69) is 4.98 Å². The molecule has 0 fully saturated rings. The summed E-state index contributed by atoms with van der Waals surface area (Å²) in [6, 6.07) is 1.57. The van der Waals surface area contributed by atoms with Crippen LogP contribution in [0, 0.1) is 0 Å². The first kappa shape index (κ1) is 12.8. The highest BCUT2D eigenvalue weighted by Gasteiger charge is 2.19. The highest BCUT2D eigenvalue weighted by atomic mass is 32.1. The van der Waals surface area contributed by atoms with Crippen LogP contribution in [0.1, 0.15) is 17.4 Å². The number of hydrogen-bond acceptors (Lipinski definition) is 5. The number of carbonyl (C=O) groups is 1. The van der Waals surface area contributed by atoms with E-state index < -0.39 is 0 Å². The van der Waals surface area contributed by atoms with E-state index in [0.29, 0.717) is 5.69 Å². The smallest absolute Gasteiger partial charge is 0.273 e. The molecule has 0 spiro atoms. The van der Waals surface area contributed by atoms with Crippen molar-refractivity contribution in [3.63, 3.8) is 0 Å². The Labute approximate surface area is 109 Å². The van der Waals surface area contributed by atoms with E-state index >= 15 is 0 Å². The molecule has 0 saturated heterocycles. The van der Waals surface area contributed by atoms with Crippen LogP contribution in [0.25, 0.3) is 10.6 Å². The first-order chi connectivity index (χ1) is 8.63. The zero-order chi connectivity index (χ0) is 13.1. The molecule has 6 heteroatoms. The van der Waals surface area contributed by atoms with Gasteiger partial charge in [0, 0.05) is 18.0 Å². The second-order valence-electron chi connectivity index (χ2n) is 4.00. The topological polar surface area (TPSA) is 66.6 Å². The molecule has 0 saturated carbocycles. The third-order valence-corrected chi connectivity index (χ3v) is 3.63. The van der Waals surface area contributed by atoms with Gasteiger partial charge in [-0.2, -0.15) is 0 Å². The highest BCUT2D eigenvalue weighted by molar-refractivity contribution is 7.13. The quantitative estimate of drug-likeness (QED) is 0.917. The minimum absolute atomic E-state index is 0.0685. The molecule has 5 nitrogen and oxygen atoms in total.